The highest BCUT2D eigenvalue weighted by Crippen LogP contribution is 2.31. The van der Waals surface area contributed by atoms with Gasteiger partial charge in [0.2, 0.25) is 5.91 Å². The Labute approximate surface area is 132 Å². The average Bonchev–Trinajstić information content (AvgIpc) is 2.48. The molecule has 1 fully saturated rings. The number of rotatable bonds is 5. The molecule has 0 radical (unpaired) electrons. The van der Waals surface area contributed by atoms with Gasteiger partial charge in [0, 0.05) is 17.0 Å². The molecule has 2 N–H and O–H groups in total. The van der Waals surface area contributed by atoms with Crippen LogP contribution < -0.4 is 10.6 Å². The fraction of sp³-hybridized carbons (Fsp3) is 0.588. The zero-order chi connectivity index (χ0) is 15.3. The Hall–Kier alpha value is -1.06. The summed E-state index contributed by atoms with van der Waals surface area (Å²) in [4.78, 5) is 12.4. The van der Waals surface area contributed by atoms with Crippen LogP contribution in [0.5, 0.6) is 0 Å². The minimum Gasteiger partial charge on any atom is -0.350 e. The smallest absolute Gasteiger partial charge is 0.222 e. The van der Waals surface area contributed by atoms with Gasteiger partial charge < -0.3 is 10.6 Å². The number of nitrogens with one attached hydrogen (secondary N) is 2. The summed E-state index contributed by atoms with van der Waals surface area (Å²) in [7, 11) is 1.97. The summed E-state index contributed by atoms with van der Waals surface area (Å²) in [6, 6.07) is 7.63. The van der Waals surface area contributed by atoms with Crippen LogP contribution in [-0.4, -0.2) is 18.5 Å². The zero-order valence-electron chi connectivity index (χ0n) is 12.9. The van der Waals surface area contributed by atoms with Crippen molar-refractivity contribution in [1.29, 1.82) is 0 Å². The Morgan fingerprint density at radius 3 is 2.67 bits per heavy atom. The lowest BCUT2D eigenvalue weighted by Gasteiger charge is -2.37. The van der Waals surface area contributed by atoms with Gasteiger partial charge in [0.25, 0.3) is 0 Å². The normalized spacial score (nSPS) is 19.0. The lowest BCUT2D eigenvalue weighted by Crippen LogP contribution is -2.48. The van der Waals surface area contributed by atoms with Gasteiger partial charge in [-0.25, -0.2) is 0 Å². The fourth-order valence-electron chi connectivity index (χ4n) is 3.20. The lowest BCUT2D eigenvalue weighted by molar-refractivity contribution is -0.123. The van der Waals surface area contributed by atoms with E-state index in [0.29, 0.717) is 11.4 Å². The summed E-state index contributed by atoms with van der Waals surface area (Å²) in [5.41, 5.74) is 1.02. The minimum absolute atomic E-state index is 0.0175. The second-order valence-electron chi connectivity index (χ2n) is 6.11. The first kappa shape index (κ1) is 16.3. The highest BCUT2D eigenvalue weighted by molar-refractivity contribution is 6.30. The van der Waals surface area contributed by atoms with E-state index in [4.69, 9.17) is 11.6 Å². The van der Waals surface area contributed by atoms with Gasteiger partial charge in [-0.3, -0.25) is 4.79 Å². The largest absolute Gasteiger partial charge is 0.350 e. The third kappa shape index (κ3) is 4.45. The van der Waals surface area contributed by atoms with Crippen molar-refractivity contribution < 1.29 is 4.79 Å². The maximum absolute atomic E-state index is 12.4. The van der Waals surface area contributed by atoms with Gasteiger partial charge in [0.15, 0.2) is 0 Å². The summed E-state index contributed by atoms with van der Waals surface area (Å²) in [5, 5.41) is 7.18. The molecule has 0 aromatic heterocycles. The molecule has 1 saturated carbocycles. The summed E-state index contributed by atoms with van der Waals surface area (Å²) >= 11 is 6.00. The molecule has 1 aliphatic carbocycles. The Balaban J connectivity index is 1.94. The van der Waals surface area contributed by atoms with Crippen LogP contribution in [0.1, 0.15) is 57.1 Å². The van der Waals surface area contributed by atoms with Crippen molar-refractivity contribution in [2.24, 2.45) is 0 Å². The summed E-state index contributed by atoms with van der Waals surface area (Å²) in [6.07, 6.45) is 6.42. The van der Waals surface area contributed by atoms with E-state index in [9.17, 15) is 4.79 Å². The molecule has 21 heavy (non-hydrogen) atoms. The summed E-state index contributed by atoms with van der Waals surface area (Å²) in [6.45, 7) is 2.00. The second kappa shape index (κ2) is 7.28. The van der Waals surface area contributed by atoms with Gasteiger partial charge in [-0.1, -0.05) is 43.0 Å². The standard InChI is InChI=1S/C17H25ClN2O/c1-13(14-7-6-8-15(18)11-14)20-16(21)12-17(19-2)9-4-3-5-10-17/h6-8,11,13,19H,3-5,9-10,12H2,1-2H3,(H,20,21)/t13-/m1/s1. The van der Waals surface area contributed by atoms with Crippen LogP contribution in [0.25, 0.3) is 0 Å². The Kier molecular flexibility index (Phi) is 5.65. The second-order valence-corrected chi connectivity index (χ2v) is 6.55. The molecule has 116 valence electrons. The van der Waals surface area contributed by atoms with Crippen molar-refractivity contribution in [3.05, 3.63) is 34.9 Å². The number of hydrogen-bond donors (Lipinski definition) is 2. The van der Waals surface area contributed by atoms with E-state index in [1.54, 1.807) is 0 Å². The fourth-order valence-corrected chi connectivity index (χ4v) is 3.40. The van der Waals surface area contributed by atoms with Crippen LogP contribution in [-0.2, 0) is 4.79 Å². The monoisotopic (exact) mass is 308 g/mol. The molecule has 1 aliphatic rings. The van der Waals surface area contributed by atoms with Crippen molar-refractivity contribution in [1.82, 2.24) is 10.6 Å². The average molecular weight is 309 g/mol. The third-order valence-electron chi connectivity index (χ3n) is 4.57. The van der Waals surface area contributed by atoms with E-state index in [1.807, 2.05) is 38.2 Å². The predicted octanol–water partition coefficient (Wildman–Crippen LogP) is 3.83. The molecule has 1 amide bonds. The Morgan fingerprint density at radius 1 is 1.33 bits per heavy atom. The van der Waals surface area contributed by atoms with Gasteiger partial charge in [-0.2, -0.15) is 0 Å². The number of benzene rings is 1. The Morgan fingerprint density at radius 2 is 2.05 bits per heavy atom. The number of amides is 1. The maximum Gasteiger partial charge on any atom is 0.222 e. The van der Waals surface area contributed by atoms with Gasteiger partial charge >= 0.3 is 0 Å². The van der Waals surface area contributed by atoms with Crippen LogP contribution in [0.15, 0.2) is 24.3 Å². The molecule has 3 nitrogen and oxygen atoms in total. The molecule has 2 rings (SSSR count). The molecule has 0 saturated heterocycles. The molecule has 0 unspecified atom stereocenters. The van der Waals surface area contributed by atoms with E-state index in [2.05, 4.69) is 10.6 Å². The summed E-state index contributed by atoms with van der Waals surface area (Å²) < 4.78 is 0. The van der Waals surface area contributed by atoms with Crippen molar-refractivity contribution >= 4 is 17.5 Å². The van der Waals surface area contributed by atoms with Crippen molar-refractivity contribution in [2.75, 3.05) is 7.05 Å². The van der Waals surface area contributed by atoms with Crippen LogP contribution in [0.4, 0.5) is 0 Å². The molecule has 0 aliphatic heterocycles. The van der Waals surface area contributed by atoms with E-state index in [0.717, 1.165) is 18.4 Å². The first-order valence-electron chi connectivity index (χ1n) is 7.78. The van der Waals surface area contributed by atoms with E-state index < -0.39 is 0 Å². The van der Waals surface area contributed by atoms with Crippen LogP contribution in [0.2, 0.25) is 5.02 Å². The van der Waals surface area contributed by atoms with Gasteiger partial charge in [-0.15, -0.1) is 0 Å². The SMILES string of the molecule is CNC1(CC(=O)N[C@H](C)c2cccc(Cl)c2)CCCCC1. The number of halogens is 1. The molecular formula is C17H25ClN2O. The van der Waals surface area contributed by atoms with Gasteiger partial charge in [0.05, 0.1) is 6.04 Å². The van der Waals surface area contributed by atoms with Crippen molar-refractivity contribution in [3.8, 4) is 0 Å². The molecule has 0 bridgehead atoms. The van der Waals surface area contributed by atoms with E-state index >= 15 is 0 Å². The molecule has 1 aromatic rings. The maximum atomic E-state index is 12.4. The lowest BCUT2D eigenvalue weighted by atomic mass is 9.79. The van der Waals surface area contributed by atoms with E-state index in [-0.39, 0.29) is 17.5 Å². The topological polar surface area (TPSA) is 41.1 Å². The number of carbonyl (C=O) groups is 1. The predicted molar refractivity (Wildman–Crippen MR) is 87.5 cm³/mol. The minimum atomic E-state index is -0.0197. The molecular weight excluding hydrogens is 284 g/mol. The first-order chi connectivity index (χ1) is 10.0. The summed E-state index contributed by atoms with van der Waals surface area (Å²) in [5.74, 6) is 0.110. The highest BCUT2D eigenvalue weighted by atomic mass is 35.5. The van der Waals surface area contributed by atoms with Crippen molar-refractivity contribution in [3.63, 3.8) is 0 Å². The van der Waals surface area contributed by atoms with Crippen LogP contribution >= 0.6 is 11.6 Å². The molecule has 0 spiro atoms. The third-order valence-corrected chi connectivity index (χ3v) is 4.80. The number of carbonyl (C=O) groups excluding carboxylic acids is 1. The molecule has 0 heterocycles. The highest BCUT2D eigenvalue weighted by Gasteiger charge is 2.32. The molecule has 4 heteroatoms. The van der Waals surface area contributed by atoms with Gasteiger partial charge in [-0.05, 0) is 44.5 Å². The van der Waals surface area contributed by atoms with Crippen molar-refractivity contribution in [2.45, 2.75) is 57.0 Å². The van der Waals surface area contributed by atoms with Gasteiger partial charge in [0.1, 0.15) is 0 Å². The van der Waals surface area contributed by atoms with Crippen LogP contribution in [0.3, 0.4) is 0 Å². The molecule has 1 aromatic carbocycles. The Bertz CT molecular complexity index is 483. The zero-order valence-corrected chi connectivity index (χ0v) is 13.7. The number of hydrogen-bond acceptors (Lipinski definition) is 2. The molecule has 1 atom stereocenters. The quantitative estimate of drug-likeness (QED) is 0.868. The first-order valence-corrected chi connectivity index (χ1v) is 8.16. The van der Waals surface area contributed by atoms with Crippen LogP contribution in [0, 0.1) is 0 Å². The van der Waals surface area contributed by atoms with E-state index in [1.165, 1.54) is 19.3 Å².